The van der Waals surface area contributed by atoms with Gasteiger partial charge in [-0.25, -0.2) is 9.48 Å². The van der Waals surface area contributed by atoms with Gasteiger partial charge >= 0.3 is 6.09 Å². The van der Waals surface area contributed by atoms with E-state index in [4.69, 9.17) is 9.84 Å². The maximum atomic E-state index is 11.8. The normalized spacial score (nSPS) is 12.6. The van der Waals surface area contributed by atoms with Crippen molar-refractivity contribution in [2.45, 2.75) is 39.0 Å². The second kappa shape index (κ2) is 8.49. The first-order chi connectivity index (χ1) is 10.7. The van der Waals surface area contributed by atoms with Gasteiger partial charge < -0.3 is 25.6 Å². The molecular formula is C14H24N4O5. The minimum Gasteiger partial charge on any atom is -0.444 e. The molecule has 0 fully saturated rings. The van der Waals surface area contributed by atoms with Gasteiger partial charge in [-0.15, -0.1) is 0 Å². The van der Waals surface area contributed by atoms with E-state index in [1.807, 2.05) is 0 Å². The third-order valence-electron chi connectivity index (χ3n) is 2.59. The van der Waals surface area contributed by atoms with Crippen LogP contribution in [0, 0.1) is 0 Å². The molecule has 1 atom stereocenters. The van der Waals surface area contributed by atoms with E-state index in [2.05, 4.69) is 15.7 Å². The predicted octanol–water partition coefficient (Wildman–Crippen LogP) is -0.467. The van der Waals surface area contributed by atoms with Gasteiger partial charge in [-0.3, -0.25) is 4.79 Å². The van der Waals surface area contributed by atoms with Gasteiger partial charge in [0.1, 0.15) is 5.60 Å². The van der Waals surface area contributed by atoms with Crippen molar-refractivity contribution in [2.24, 2.45) is 0 Å². The second-order valence-electron chi connectivity index (χ2n) is 5.96. The number of hydrogen-bond donors (Lipinski definition) is 4. The SMILES string of the molecule is CC(C)(C)OC(=O)NCCNc1cnn(CC(O)CO)c(=O)c1. The lowest BCUT2D eigenvalue weighted by Gasteiger charge is -2.19. The fraction of sp³-hybridized carbons (Fsp3) is 0.643. The van der Waals surface area contributed by atoms with Gasteiger partial charge in [0.25, 0.3) is 5.56 Å². The van der Waals surface area contributed by atoms with Crippen LogP contribution in [0.3, 0.4) is 0 Å². The molecule has 0 radical (unpaired) electrons. The maximum absolute atomic E-state index is 11.8. The number of alkyl carbamates (subject to hydrolysis) is 1. The summed E-state index contributed by atoms with van der Waals surface area (Å²) in [5.41, 5.74) is -0.455. The van der Waals surface area contributed by atoms with Crippen LogP contribution in [0.25, 0.3) is 0 Å². The first-order valence-electron chi connectivity index (χ1n) is 7.28. The van der Waals surface area contributed by atoms with Gasteiger partial charge in [-0.1, -0.05) is 0 Å². The van der Waals surface area contributed by atoms with Crippen molar-refractivity contribution in [2.75, 3.05) is 25.0 Å². The van der Waals surface area contributed by atoms with E-state index in [0.717, 1.165) is 4.68 Å². The largest absolute Gasteiger partial charge is 0.444 e. The number of anilines is 1. The van der Waals surface area contributed by atoms with Gasteiger partial charge in [0, 0.05) is 19.2 Å². The van der Waals surface area contributed by atoms with Gasteiger partial charge in [0.05, 0.1) is 31.1 Å². The minimum atomic E-state index is -1.03. The summed E-state index contributed by atoms with van der Waals surface area (Å²) in [7, 11) is 0. The number of hydrogen-bond acceptors (Lipinski definition) is 7. The first kappa shape index (κ1) is 18.9. The minimum absolute atomic E-state index is 0.0736. The summed E-state index contributed by atoms with van der Waals surface area (Å²) in [6.07, 6.45) is -0.109. The van der Waals surface area contributed by atoms with Crippen LogP contribution in [0.5, 0.6) is 0 Å². The predicted molar refractivity (Wildman–Crippen MR) is 84.3 cm³/mol. The van der Waals surface area contributed by atoms with Crippen molar-refractivity contribution in [3.63, 3.8) is 0 Å². The fourth-order valence-electron chi connectivity index (χ4n) is 1.61. The smallest absolute Gasteiger partial charge is 0.407 e. The lowest BCUT2D eigenvalue weighted by Crippen LogP contribution is -2.35. The van der Waals surface area contributed by atoms with Gasteiger partial charge in [-0.2, -0.15) is 5.10 Å². The average molecular weight is 328 g/mol. The van der Waals surface area contributed by atoms with Crippen LogP contribution in [-0.2, 0) is 11.3 Å². The standard InChI is InChI=1S/C14H24N4O5/c1-14(2,3)23-13(22)16-5-4-15-10-6-12(21)18(17-7-10)8-11(20)9-19/h6-7,11,15,19-20H,4-5,8-9H2,1-3H3,(H,16,22). The van der Waals surface area contributed by atoms with Crippen LogP contribution in [-0.4, -0.2) is 57.5 Å². The number of ether oxygens (including phenoxy) is 1. The number of aliphatic hydroxyl groups is 2. The topological polar surface area (TPSA) is 126 Å². The maximum Gasteiger partial charge on any atom is 0.407 e. The number of nitrogens with zero attached hydrogens (tertiary/aromatic N) is 2. The van der Waals surface area contributed by atoms with Crippen LogP contribution in [0.1, 0.15) is 20.8 Å². The van der Waals surface area contributed by atoms with E-state index in [1.54, 1.807) is 20.8 Å². The summed E-state index contributed by atoms with van der Waals surface area (Å²) in [5.74, 6) is 0. The van der Waals surface area contributed by atoms with Crippen molar-refractivity contribution in [3.05, 3.63) is 22.6 Å². The molecule has 0 saturated heterocycles. The van der Waals surface area contributed by atoms with Crippen LogP contribution >= 0.6 is 0 Å². The molecule has 1 rings (SSSR count). The Morgan fingerprint density at radius 1 is 1.43 bits per heavy atom. The molecule has 0 aliphatic carbocycles. The van der Waals surface area contributed by atoms with E-state index in [1.165, 1.54) is 12.3 Å². The van der Waals surface area contributed by atoms with Gasteiger partial charge in [0.15, 0.2) is 0 Å². The lowest BCUT2D eigenvalue weighted by molar-refractivity contribution is 0.0530. The van der Waals surface area contributed by atoms with Crippen LogP contribution in [0.4, 0.5) is 10.5 Å². The summed E-state index contributed by atoms with van der Waals surface area (Å²) in [6, 6.07) is 1.32. The summed E-state index contributed by atoms with van der Waals surface area (Å²) in [6.45, 7) is 5.53. The number of nitrogens with one attached hydrogen (secondary N) is 2. The fourth-order valence-corrected chi connectivity index (χ4v) is 1.61. The second-order valence-corrected chi connectivity index (χ2v) is 5.96. The van der Waals surface area contributed by atoms with Gasteiger partial charge in [0.2, 0.25) is 0 Å². The molecule has 0 saturated carbocycles. The number of amides is 1. The van der Waals surface area contributed by atoms with Crippen molar-refractivity contribution in [3.8, 4) is 0 Å². The molecule has 4 N–H and O–H groups in total. The molecule has 9 nitrogen and oxygen atoms in total. The van der Waals surface area contributed by atoms with Crippen molar-refractivity contribution in [1.82, 2.24) is 15.1 Å². The molecule has 0 spiro atoms. The van der Waals surface area contributed by atoms with E-state index >= 15 is 0 Å². The zero-order valence-electron chi connectivity index (χ0n) is 13.6. The Hall–Kier alpha value is -2.13. The van der Waals surface area contributed by atoms with E-state index in [0.29, 0.717) is 18.8 Å². The average Bonchev–Trinajstić information content (AvgIpc) is 2.44. The van der Waals surface area contributed by atoms with E-state index in [9.17, 15) is 14.7 Å². The molecule has 23 heavy (non-hydrogen) atoms. The Morgan fingerprint density at radius 3 is 2.70 bits per heavy atom. The van der Waals surface area contributed by atoms with Crippen molar-refractivity contribution < 1.29 is 19.7 Å². The molecule has 0 aliphatic heterocycles. The summed E-state index contributed by atoms with van der Waals surface area (Å²) in [5, 5.41) is 27.5. The monoisotopic (exact) mass is 328 g/mol. The molecule has 0 aliphatic rings. The molecule has 130 valence electrons. The molecule has 0 bridgehead atoms. The highest BCUT2D eigenvalue weighted by atomic mass is 16.6. The van der Waals surface area contributed by atoms with Crippen molar-refractivity contribution >= 4 is 11.8 Å². The molecule has 1 aromatic heterocycles. The summed E-state index contributed by atoms with van der Waals surface area (Å²) >= 11 is 0. The van der Waals surface area contributed by atoms with E-state index < -0.39 is 30.0 Å². The number of aromatic nitrogens is 2. The molecule has 1 heterocycles. The molecular weight excluding hydrogens is 304 g/mol. The highest BCUT2D eigenvalue weighted by Gasteiger charge is 2.15. The Bertz CT molecular complexity index is 567. The number of carbonyl (C=O) groups is 1. The van der Waals surface area contributed by atoms with Crippen LogP contribution in [0.2, 0.25) is 0 Å². The molecule has 1 aromatic rings. The van der Waals surface area contributed by atoms with Crippen molar-refractivity contribution in [1.29, 1.82) is 0 Å². The Morgan fingerprint density at radius 2 is 2.13 bits per heavy atom. The van der Waals surface area contributed by atoms with Crippen LogP contribution in [0.15, 0.2) is 17.1 Å². The molecule has 9 heteroatoms. The molecule has 0 aromatic carbocycles. The summed E-state index contributed by atoms with van der Waals surface area (Å²) < 4.78 is 6.15. The number of aliphatic hydroxyl groups excluding tert-OH is 2. The number of carbonyl (C=O) groups excluding carboxylic acids is 1. The zero-order chi connectivity index (χ0) is 17.5. The van der Waals surface area contributed by atoms with E-state index in [-0.39, 0.29) is 6.54 Å². The Kier molecular flexibility index (Phi) is 6.98. The number of rotatable bonds is 7. The molecule has 1 unspecified atom stereocenters. The Balaban J connectivity index is 2.40. The molecule has 1 amide bonds. The quantitative estimate of drug-likeness (QED) is 0.499. The summed E-state index contributed by atoms with van der Waals surface area (Å²) in [4.78, 5) is 23.2. The highest BCUT2D eigenvalue weighted by Crippen LogP contribution is 2.06. The zero-order valence-corrected chi connectivity index (χ0v) is 13.6. The lowest BCUT2D eigenvalue weighted by atomic mass is 10.2. The third kappa shape index (κ3) is 7.61. The highest BCUT2D eigenvalue weighted by molar-refractivity contribution is 5.67. The third-order valence-corrected chi connectivity index (χ3v) is 2.59. The first-order valence-corrected chi connectivity index (χ1v) is 7.28. The van der Waals surface area contributed by atoms with Crippen LogP contribution < -0.4 is 16.2 Å². The Labute approximate surface area is 134 Å². The van der Waals surface area contributed by atoms with Gasteiger partial charge in [-0.05, 0) is 20.8 Å².